The third-order valence-corrected chi connectivity index (χ3v) is 2.18. The van der Waals surface area contributed by atoms with Gasteiger partial charge in [0.1, 0.15) is 11.9 Å². The van der Waals surface area contributed by atoms with Crippen LogP contribution in [0.4, 0.5) is 13.2 Å². The van der Waals surface area contributed by atoms with Crippen LogP contribution in [-0.4, -0.2) is 17.3 Å². The standard InChI is InChI=1S/C11H13F3O2/c1-7(15)8(2)16-10-6-4-3-5-9(10)11(12,13)14/h3-8,15H,1-2H3/t7-,8?/m0/s1. The Bertz CT molecular complexity index is 347. The summed E-state index contributed by atoms with van der Waals surface area (Å²) in [6.07, 6.45) is -5.97. The van der Waals surface area contributed by atoms with Gasteiger partial charge in [-0.05, 0) is 26.0 Å². The second-order valence-corrected chi connectivity index (χ2v) is 3.56. The second kappa shape index (κ2) is 4.74. The van der Waals surface area contributed by atoms with Crippen molar-refractivity contribution in [3.05, 3.63) is 29.8 Å². The molecular formula is C11H13F3O2. The number of halogens is 3. The molecule has 1 unspecified atom stereocenters. The normalized spacial score (nSPS) is 15.6. The molecule has 1 aromatic carbocycles. The monoisotopic (exact) mass is 234 g/mol. The molecule has 2 nitrogen and oxygen atoms in total. The van der Waals surface area contributed by atoms with E-state index in [4.69, 9.17) is 9.84 Å². The van der Waals surface area contributed by atoms with Crippen molar-refractivity contribution in [1.82, 2.24) is 0 Å². The minimum Gasteiger partial charge on any atom is -0.487 e. The maximum Gasteiger partial charge on any atom is 0.419 e. The molecule has 5 heteroatoms. The summed E-state index contributed by atoms with van der Waals surface area (Å²) in [5.74, 6) is -0.261. The van der Waals surface area contributed by atoms with Crippen molar-refractivity contribution in [2.75, 3.05) is 0 Å². The molecular weight excluding hydrogens is 221 g/mol. The number of para-hydroxylation sites is 1. The minimum atomic E-state index is -4.45. The zero-order valence-electron chi connectivity index (χ0n) is 8.95. The highest BCUT2D eigenvalue weighted by Gasteiger charge is 2.34. The van der Waals surface area contributed by atoms with Crippen LogP contribution >= 0.6 is 0 Å². The van der Waals surface area contributed by atoms with Crippen LogP contribution < -0.4 is 4.74 Å². The van der Waals surface area contributed by atoms with Crippen molar-refractivity contribution < 1.29 is 23.0 Å². The number of aliphatic hydroxyl groups excluding tert-OH is 1. The third-order valence-electron chi connectivity index (χ3n) is 2.18. The summed E-state index contributed by atoms with van der Waals surface area (Å²) < 4.78 is 42.7. The molecule has 1 aromatic rings. The lowest BCUT2D eigenvalue weighted by molar-refractivity contribution is -0.139. The van der Waals surface area contributed by atoms with E-state index in [-0.39, 0.29) is 5.75 Å². The quantitative estimate of drug-likeness (QED) is 0.871. The first-order valence-electron chi connectivity index (χ1n) is 4.83. The Hall–Kier alpha value is -1.23. The molecule has 0 bridgehead atoms. The van der Waals surface area contributed by atoms with Crippen LogP contribution in [0.25, 0.3) is 0 Å². The topological polar surface area (TPSA) is 29.5 Å². The predicted octanol–water partition coefficient (Wildman–Crippen LogP) is 2.85. The average molecular weight is 234 g/mol. The fraction of sp³-hybridized carbons (Fsp3) is 0.455. The van der Waals surface area contributed by atoms with Crippen molar-refractivity contribution >= 4 is 0 Å². The largest absolute Gasteiger partial charge is 0.487 e. The molecule has 1 rings (SSSR count). The van der Waals surface area contributed by atoms with E-state index < -0.39 is 23.9 Å². The smallest absolute Gasteiger partial charge is 0.419 e. The Morgan fingerprint density at radius 2 is 1.75 bits per heavy atom. The Kier molecular flexibility index (Phi) is 3.80. The molecule has 0 saturated heterocycles. The van der Waals surface area contributed by atoms with Gasteiger partial charge in [0, 0.05) is 0 Å². The molecule has 0 saturated carbocycles. The molecule has 90 valence electrons. The first-order chi connectivity index (χ1) is 7.32. The van der Waals surface area contributed by atoms with Gasteiger partial charge in [0.05, 0.1) is 11.7 Å². The molecule has 16 heavy (non-hydrogen) atoms. The van der Waals surface area contributed by atoms with Crippen LogP contribution in [-0.2, 0) is 6.18 Å². The van der Waals surface area contributed by atoms with Gasteiger partial charge in [-0.15, -0.1) is 0 Å². The Balaban J connectivity index is 2.96. The van der Waals surface area contributed by atoms with Gasteiger partial charge in [0.25, 0.3) is 0 Å². The van der Waals surface area contributed by atoms with Crippen molar-refractivity contribution in [2.45, 2.75) is 32.2 Å². The van der Waals surface area contributed by atoms with Gasteiger partial charge in [-0.25, -0.2) is 0 Å². The van der Waals surface area contributed by atoms with Crippen LogP contribution in [0, 0.1) is 0 Å². The maximum atomic E-state index is 12.6. The number of alkyl halides is 3. The van der Waals surface area contributed by atoms with E-state index in [1.807, 2.05) is 0 Å². The lowest BCUT2D eigenvalue weighted by Gasteiger charge is -2.20. The zero-order valence-corrected chi connectivity index (χ0v) is 8.95. The van der Waals surface area contributed by atoms with Crippen molar-refractivity contribution in [2.24, 2.45) is 0 Å². The number of rotatable bonds is 3. The zero-order chi connectivity index (χ0) is 12.3. The van der Waals surface area contributed by atoms with Gasteiger partial charge in [-0.2, -0.15) is 13.2 Å². The molecule has 1 N–H and O–H groups in total. The van der Waals surface area contributed by atoms with Crippen LogP contribution in [0.5, 0.6) is 5.75 Å². The van der Waals surface area contributed by atoms with E-state index in [0.717, 1.165) is 6.07 Å². The molecule has 0 aliphatic heterocycles. The van der Waals surface area contributed by atoms with Gasteiger partial charge >= 0.3 is 6.18 Å². The molecule has 0 aliphatic carbocycles. The van der Waals surface area contributed by atoms with Crippen molar-refractivity contribution in [3.8, 4) is 5.75 Å². The lowest BCUT2D eigenvalue weighted by Crippen LogP contribution is -2.26. The number of aliphatic hydroxyl groups is 1. The van der Waals surface area contributed by atoms with Gasteiger partial charge in [0.2, 0.25) is 0 Å². The van der Waals surface area contributed by atoms with E-state index in [1.165, 1.54) is 32.0 Å². The van der Waals surface area contributed by atoms with E-state index >= 15 is 0 Å². The minimum absolute atomic E-state index is 0.261. The Labute approximate surface area is 91.7 Å². The molecule has 0 aliphatic rings. The highest BCUT2D eigenvalue weighted by Crippen LogP contribution is 2.36. The van der Waals surface area contributed by atoms with Crippen LogP contribution in [0.3, 0.4) is 0 Å². The van der Waals surface area contributed by atoms with Gasteiger partial charge in [0.15, 0.2) is 0 Å². The fourth-order valence-electron chi connectivity index (χ4n) is 1.10. The summed E-state index contributed by atoms with van der Waals surface area (Å²) in [7, 11) is 0. The van der Waals surface area contributed by atoms with Crippen molar-refractivity contribution in [1.29, 1.82) is 0 Å². The van der Waals surface area contributed by atoms with Crippen molar-refractivity contribution in [3.63, 3.8) is 0 Å². The summed E-state index contributed by atoms with van der Waals surface area (Å²) in [4.78, 5) is 0. The number of ether oxygens (including phenoxy) is 1. The second-order valence-electron chi connectivity index (χ2n) is 3.56. The molecule has 0 aromatic heterocycles. The van der Waals surface area contributed by atoms with Crippen LogP contribution in [0.15, 0.2) is 24.3 Å². The molecule has 0 heterocycles. The first-order valence-corrected chi connectivity index (χ1v) is 4.83. The number of hydrogen-bond acceptors (Lipinski definition) is 2. The average Bonchev–Trinajstić information content (AvgIpc) is 2.16. The predicted molar refractivity (Wildman–Crippen MR) is 53.2 cm³/mol. The maximum absolute atomic E-state index is 12.6. The number of hydrogen-bond donors (Lipinski definition) is 1. The van der Waals surface area contributed by atoms with E-state index in [0.29, 0.717) is 0 Å². The summed E-state index contributed by atoms with van der Waals surface area (Å²) in [5.41, 5.74) is -0.831. The molecule has 2 atom stereocenters. The van der Waals surface area contributed by atoms with Gasteiger partial charge in [-0.1, -0.05) is 12.1 Å². The van der Waals surface area contributed by atoms with Gasteiger partial charge < -0.3 is 9.84 Å². The molecule has 0 spiro atoms. The van der Waals surface area contributed by atoms with Crippen LogP contribution in [0.1, 0.15) is 19.4 Å². The van der Waals surface area contributed by atoms with Gasteiger partial charge in [-0.3, -0.25) is 0 Å². The molecule has 0 fully saturated rings. The van der Waals surface area contributed by atoms with E-state index in [1.54, 1.807) is 0 Å². The third kappa shape index (κ3) is 3.13. The highest BCUT2D eigenvalue weighted by molar-refractivity contribution is 5.35. The summed E-state index contributed by atoms with van der Waals surface area (Å²) in [6.45, 7) is 2.97. The Morgan fingerprint density at radius 1 is 1.19 bits per heavy atom. The highest BCUT2D eigenvalue weighted by atomic mass is 19.4. The van der Waals surface area contributed by atoms with Crippen LogP contribution in [0.2, 0.25) is 0 Å². The molecule has 0 radical (unpaired) electrons. The lowest BCUT2D eigenvalue weighted by atomic mass is 10.2. The first kappa shape index (κ1) is 12.8. The number of benzene rings is 1. The fourth-order valence-corrected chi connectivity index (χ4v) is 1.10. The SMILES string of the molecule is CC(Oc1ccccc1C(F)(F)F)[C@H](C)O. The summed E-state index contributed by atoms with van der Waals surface area (Å²) >= 11 is 0. The summed E-state index contributed by atoms with van der Waals surface area (Å²) in [5, 5.41) is 9.17. The molecule has 0 amide bonds. The van der Waals surface area contributed by atoms with E-state index in [9.17, 15) is 13.2 Å². The Morgan fingerprint density at radius 3 is 2.25 bits per heavy atom. The summed E-state index contributed by atoms with van der Waals surface area (Å²) in [6, 6.07) is 4.94. The van der Waals surface area contributed by atoms with E-state index in [2.05, 4.69) is 0 Å².